The van der Waals surface area contributed by atoms with Gasteiger partial charge in [0.15, 0.2) is 11.6 Å². The highest BCUT2D eigenvalue weighted by Gasteiger charge is 2.37. The number of aromatic nitrogens is 3. The second kappa shape index (κ2) is 11.8. The van der Waals surface area contributed by atoms with E-state index in [1.807, 2.05) is 18.2 Å². The zero-order valence-corrected chi connectivity index (χ0v) is 27.9. The van der Waals surface area contributed by atoms with E-state index < -0.39 is 0 Å². The molecule has 0 spiro atoms. The summed E-state index contributed by atoms with van der Waals surface area (Å²) in [4.78, 5) is 15.5. The lowest BCUT2D eigenvalue weighted by molar-refractivity contribution is 0.608. The first-order valence-electron chi connectivity index (χ1n) is 17.4. The van der Waals surface area contributed by atoms with Crippen molar-refractivity contribution in [3.05, 3.63) is 174 Å². The second-order valence-electron chi connectivity index (χ2n) is 13.9. The molecule has 0 saturated carbocycles. The molecule has 9 rings (SSSR count). The van der Waals surface area contributed by atoms with Crippen LogP contribution in [0.4, 0.5) is 0 Å². The molecule has 7 aromatic rings. The van der Waals surface area contributed by atoms with Crippen LogP contribution in [0.25, 0.3) is 56.2 Å². The Labute approximate surface area is 288 Å². The van der Waals surface area contributed by atoms with Gasteiger partial charge >= 0.3 is 0 Å². The third-order valence-electron chi connectivity index (χ3n) is 10.7. The number of hydrogen-bond donors (Lipinski definition) is 0. The predicted molar refractivity (Wildman–Crippen MR) is 200 cm³/mol. The molecule has 0 N–H and O–H groups in total. The van der Waals surface area contributed by atoms with Crippen molar-refractivity contribution in [2.24, 2.45) is 0 Å². The third-order valence-corrected chi connectivity index (χ3v) is 10.7. The van der Waals surface area contributed by atoms with Crippen molar-refractivity contribution in [2.75, 3.05) is 0 Å². The molecule has 236 valence electrons. The molecule has 0 amide bonds. The van der Waals surface area contributed by atoms with Gasteiger partial charge in [0.1, 0.15) is 5.82 Å². The molecule has 1 heterocycles. The fourth-order valence-corrected chi connectivity index (χ4v) is 8.16. The molecule has 0 aliphatic heterocycles. The van der Waals surface area contributed by atoms with E-state index in [-0.39, 0.29) is 11.3 Å². The molecule has 3 heteroatoms. The van der Waals surface area contributed by atoms with Gasteiger partial charge in [-0.05, 0) is 80.5 Å². The number of rotatable bonds is 5. The number of aryl methyl sites for hydroxylation is 1. The summed E-state index contributed by atoms with van der Waals surface area (Å²) < 4.78 is 0. The molecule has 1 unspecified atom stereocenters. The van der Waals surface area contributed by atoms with Gasteiger partial charge in [-0.2, -0.15) is 0 Å². The van der Waals surface area contributed by atoms with Crippen LogP contribution in [0, 0.1) is 0 Å². The molecule has 0 fully saturated rings. The van der Waals surface area contributed by atoms with Crippen molar-refractivity contribution in [1.29, 1.82) is 0 Å². The van der Waals surface area contributed by atoms with Crippen LogP contribution in [0.1, 0.15) is 54.3 Å². The van der Waals surface area contributed by atoms with E-state index in [4.69, 9.17) is 15.0 Å². The van der Waals surface area contributed by atoms with Gasteiger partial charge in [0.2, 0.25) is 0 Å². The summed E-state index contributed by atoms with van der Waals surface area (Å²) >= 11 is 0. The number of nitrogens with zero attached hydrogens (tertiary/aromatic N) is 3. The lowest BCUT2D eigenvalue weighted by atomic mass is 9.80. The van der Waals surface area contributed by atoms with Gasteiger partial charge in [-0.25, -0.2) is 15.0 Å². The van der Waals surface area contributed by atoms with Crippen LogP contribution in [0.5, 0.6) is 0 Å². The van der Waals surface area contributed by atoms with E-state index in [0.29, 0.717) is 11.6 Å². The maximum Gasteiger partial charge on any atom is 0.164 e. The SMILES string of the molecule is CC1(C)c2ccccc2-c2cc3c(cc21)-c1ccccc1C(Cc1nc(-c2ccccc2)nc(-c2ccccc2-c2ccccc2)n1)CC3. The van der Waals surface area contributed by atoms with Crippen molar-refractivity contribution in [2.45, 2.75) is 44.4 Å². The Hall–Kier alpha value is -5.67. The minimum absolute atomic E-state index is 0.0350. The van der Waals surface area contributed by atoms with Gasteiger partial charge in [-0.1, -0.05) is 153 Å². The third kappa shape index (κ3) is 5.09. The molecule has 0 radical (unpaired) electrons. The Kier molecular flexibility index (Phi) is 7.09. The smallest absolute Gasteiger partial charge is 0.164 e. The molecule has 1 atom stereocenters. The van der Waals surface area contributed by atoms with E-state index in [1.165, 1.54) is 44.5 Å². The Bertz CT molecular complexity index is 2340. The topological polar surface area (TPSA) is 38.7 Å². The number of hydrogen-bond acceptors (Lipinski definition) is 3. The summed E-state index contributed by atoms with van der Waals surface area (Å²) in [7, 11) is 0. The van der Waals surface area contributed by atoms with Crippen molar-refractivity contribution in [3.63, 3.8) is 0 Å². The minimum atomic E-state index is -0.0350. The van der Waals surface area contributed by atoms with Crippen molar-refractivity contribution < 1.29 is 0 Å². The fourth-order valence-electron chi connectivity index (χ4n) is 8.16. The molecule has 2 aliphatic rings. The average Bonchev–Trinajstić information content (AvgIpc) is 3.27. The highest BCUT2D eigenvalue weighted by atomic mass is 15.0. The molecule has 6 aromatic carbocycles. The van der Waals surface area contributed by atoms with Crippen LogP contribution >= 0.6 is 0 Å². The van der Waals surface area contributed by atoms with E-state index in [1.54, 1.807) is 0 Å². The highest BCUT2D eigenvalue weighted by Crippen LogP contribution is 2.52. The lowest BCUT2D eigenvalue weighted by Gasteiger charge is -2.23. The number of fused-ring (bicyclic) bond motifs is 6. The first-order valence-corrected chi connectivity index (χ1v) is 17.4. The summed E-state index contributed by atoms with van der Waals surface area (Å²) in [6.07, 6.45) is 2.77. The Balaban J connectivity index is 1.15. The summed E-state index contributed by atoms with van der Waals surface area (Å²) in [6.45, 7) is 4.74. The zero-order valence-electron chi connectivity index (χ0n) is 27.9. The Morgan fingerprint density at radius 3 is 1.90 bits per heavy atom. The first kappa shape index (κ1) is 29.5. The van der Waals surface area contributed by atoms with Crippen molar-refractivity contribution >= 4 is 0 Å². The van der Waals surface area contributed by atoms with Gasteiger partial charge in [0.25, 0.3) is 0 Å². The van der Waals surface area contributed by atoms with Gasteiger partial charge in [0, 0.05) is 23.0 Å². The monoisotopic (exact) mass is 631 g/mol. The van der Waals surface area contributed by atoms with Gasteiger partial charge in [-0.3, -0.25) is 0 Å². The van der Waals surface area contributed by atoms with Gasteiger partial charge in [-0.15, -0.1) is 0 Å². The van der Waals surface area contributed by atoms with Crippen LogP contribution in [0.2, 0.25) is 0 Å². The molecule has 0 saturated heterocycles. The quantitative estimate of drug-likeness (QED) is 0.190. The maximum absolute atomic E-state index is 5.23. The molecule has 1 aromatic heterocycles. The molecular weight excluding hydrogens is 595 g/mol. The standard InChI is InChI=1S/C46H37N3/c1-46(2)41-24-14-13-22-37(41)40-27-32-25-26-33(35-20-9-11-21-36(35)39(32)29-42(40)46)28-43-47-44(31-17-7-4-8-18-31)49-45(48-43)38-23-12-10-19-34(38)30-15-5-3-6-16-30/h3-24,27,29,33H,25-26,28H2,1-2H3. The summed E-state index contributed by atoms with van der Waals surface area (Å²) in [5, 5.41) is 0. The van der Waals surface area contributed by atoms with Crippen LogP contribution in [-0.2, 0) is 18.3 Å². The minimum Gasteiger partial charge on any atom is -0.213 e. The molecule has 2 aliphatic carbocycles. The normalized spacial score (nSPS) is 15.4. The van der Waals surface area contributed by atoms with Crippen LogP contribution in [0.15, 0.2) is 146 Å². The Morgan fingerprint density at radius 2 is 1.12 bits per heavy atom. The lowest BCUT2D eigenvalue weighted by Crippen LogP contribution is -2.15. The summed E-state index contributed by atoms with van der Waals surface area (Å²) in [6, 6.07) is 52.2. The largest absolute Gasteiger partial charge is 0.213 e. The average molecular weight is 632 g/mol. The highest BCUT2D eigenvalue weighted by molar-refractivity contribution is 5.86. The second-order valence-corrected chi connectivity index (χ2v) is 13.9. The van der Waals surface area contributed by atoms with E-state index in [0.717, 1.165) is 47.3 Å². The van der Waals surface area contributed by atoms with Gasteiger partial charge < -0.3 is 0 Å². The number of benzene rings is 6. The van der Waals surface area contributed by atoms with Crippen LogP contribution in [-0.4, -0.2) is 15.0 Å². The summed E-state index contributed by atoms with van der Waals surface area (Å²) in [5.41, 5.74) is 15.4. The van der Waals surface area contributed by atoms with Crippen molar-refractivity contribution in [3.8, 4) is 56.2 Å². The fraction of sp³-hybridized carbons (Fsp3) is 0.152. The zero-order chi connectivity index (χ0) is 33.0. The Morgan fingerprint density at radius 1 is 0.510 bits per heavy atom. The first-order chi connectivity index (χ1) is 24.0. The van der Waals surface area contributed by atoms with Crippen LogP contribution < -0.4 is 0 Å². The van der Waals surface area contributed by atoms with E-state index >= 15 is 0 Å². The van der Waals surface area contributed by atoms with E-state index in [9.17, 15) is 0 Å². The molecule has 0 bridgehead atoms. The predicted octanol–water partition coefficient (Wildman–Crippen LogP) is 11.1. The molecule has 49 heavy (non-hydrogen) atoms. The van der Waals surface area contributed by atoms with Crippen LogP contribution in [0.3, 0.4) is 0 Å². The molecule has 3 nitrogen and oxygen atoms in total. The van der Waals surface area contributed by atoms with E-state index in [2.05, 4.69) is 141 Å². The van der Waals surface area contributed by atoms with Crippen molar-refractivity contribution in [1.82, 2.24) is 15.0 Å². The van der Waals surface area contributed by atoms with Gasteiger partial charge in [0.05, 0.1) is 0 Å². The maximum atomic E-state index is 5.23. The molecular formula is C46H37N3. The summed E-state index contributed by atoms with van der Waals surface area (Å²) in [5.74, 6) is 2.52.